The van der Waals surface area contributed by atoms with Crippen LogP contribution in [-0.4, -0.2) is 12.7 Å². The largest absolute Gasteiger partial charge is 0.449 e. The summed E-state index contributed by atoms with van der Waals surface area (Å²) in [6.45, 7) is 8.89. The molecule has 1 amide bonds. The number of anilines is 1. The minimum absolute atomic E-state index is 0. The Morgan fingerprint density at radius 2 is 1.82 bits per heavy atom. The number of amides is 1. The molecule has 126 valence electrons. The molecule has 2 rings (SSSR count). The van der Waals surface area contributed by atoms with E-state index in [1.54, 1.807) is 0 Å². The van der Waals surface area contributed by atoms with Gasteiger partial charge >= 0.3 is 6.09 Å². The molecule has 0 atom stereocenters. The van der Waals surface area contributed by atoms with Crippen molar-refractivity contribution in [3.8, 4) is 0 Å². The molecule has 0 aliphatic heterocycles. The Balaban J connectivity index is 0.00000112. The quantitative estimate of drug-likeness (QED) is 0.733. The topological polar surface area (TPSA) is 38.3 Å². The molecule has 1 aliphatic carbocycles. The van der Waals surface area contributed by atoms with Crippen molar-refractivity contribution in [2.75, 3.05) is 11.9 Å². The van der Waals surface area contributed by atoms with Crippen molar-refractivity contribution in [2.24, 2.45) is 5.92 Å². The Kier molecular flexibility index (Phi) is 8.64. The van der Waals surface area contributed by atoms with E-state index in [1.807, 2.05) is 25.1 Å². The SMILES string of the molecule is CCC.Cc1ccc(NC(=O)OCC2CCCCC2)cc1C.[HH]. The van der Waals surface area contributed by atoms with Gasteiger partial charge < -0.3 is 4.74 Å². The number of benzene rings is 1. The van der Waals surface area contributed by atoms with Crippen LogP contribution in [0.1, 0.15) is 64.9 Å². The molecule has 3 heteroatoms. The van der Waals surface area contributed by atoms with Gasteiger partial charge in [0.15, 0.2) is 0 Å². The fourth-order valence-electron chi connectivity index (χ4n) is 2.52. The van der Waals surface area contributed by atoms with Crippen molar-refractivity contribution in [2.45, 2.75) is 66.2 Å². The van der Waals surface area contributed by atoms with E-state index in [0.29, 0.717) is 12.5 Å². The van der Waals surface area contributed by atoms with Crippen LogP contribution in [0.5, 0.6) is 0 Å². The van der Waals surface area contributed by atoms with Gasteiger partial charge in [-0.3, -0.25) is 5.32 Å². The number of carbonyl (C=O) groups excluding carboxylic acids is 1. The summed E-state index contributed by atoms with van der Waals surface area (Å²) in [6.07, 6.45) is 7.16. The first-order chi connectivity index (χ1) is 10.6. The van der Waals surface area contributed by atoms with Crippen molar-refractivity contribution in [1.82, 2.24) is 0 Å². The minimum atomic E-state index is -0.339. The first-order valence-corrected chi connectivity index (χ1v) is 8.57. The van der Waals surface area contributed by atoms with Gasteiger partial charge in [0, 0.05) is 7.11 Å². The zero-order chi connectivity index (χ0) is 16.4. The average molecular weight is 307 g/mol. The molecule has 0 saturated heterocycles. The van der Waals surface area contributed by atoms with E-state index < -0.39 is 0 Å². The third kappa shape index (κ3) is 6.97. The fraction of sp³-hybridized carbons (Fsp3) is 0.632. The second-order valence-electron chi connectivity index (χ2n) is 6.23. The number of ether oxygens (including phenoxy) is 1. The highest BCUT2D eigenvalue weighted by Gasteiger charge is 2.15. The lowest BCUT2D eigenvalue weighted by molar-refractivity contribution is 0.128. The molecule has 1 aromatic carbocycles. The average Bonchev–Trinajstić information content (AvgIpc) is 2.51. The lowest BCUT2D eigenvalue weighted by Crippen LogP contribution is -2.20. The molecule has 1 saturated carbocycles. The van der Waals surface area contributed by atoms with Crippen molar-refractivity contribution in [3.63, 3.8) is 0 Å². The van der Waals surface area contributed by atoms with Gasteiger partial charge in [-0.2, -0.15) is 0 Å². The molecule has 0 unspecified atom stereocenters. The van der Waals surface area contributed by atoms with Crippen LogP contribution >= 0.6 is 0 Å². The molecule has 3 nitrogen and oxygen atoms in total. The second-order valence-corrected chi connectivity index (χ2v) is 6.23. The Hall–Kier alpha value is -1.51. The van der Waals surface area contributed by atoms with E-state index >= 15 is 0 Å². The number of hydrogen-bond donors (Lipinski definition) is 1. The first kappa shape index (κ1) is 18.5. The molecular weight excluding hydrogens is 274 g/mol. The highest BCUT2D eigenvalue weighted by molar-refractivity contribution is 5.84. The monoisotopic (exact) mass is 307 g/mol. The van der Waals surface area contributed by atoms with Gasteiger partial charge in [0.05, 0.1) is 6.61 Å². The van der Waals surface area contributed by atoms with Crippen molar-refractivity contribution in [1.29, 1.82) is 0 Å². The van der Waals surface area contributed by atoms with E-state index in [1.165, 1.54) is 49.7 Å². The van der Waals surface area contributed by atoms with Crippen LogP contribution in [0.25, 0.3) is 0 Å². The van der Waals surface area contributed by atoms with Gasteiger partial charge in [0.25, 0.3) is 0 Å². The Morgan fingerprint density at radius 3 is 2.41 bits per heavy atom. The van der Waals surface area contributed by atoms with Crippen molar-refractivity contribution < 1.29 is 11.0 Å². The molecular formula is C19H33NO2. The molecule has 0 heterocycles. The maximum atomic E-state index is 11.7. The summed E-state index contributed by atoms with van der Waals surface area (Å²) in [5, 5.41) is 2.79. The zero-order valence-electron chi connectivity index (χ0n) is 14.6. The summed E-state index contributed by atoms with van der Waals surface area (Å²) in [6, 6.07) is 5.88. The van der Waals surface area contributed by atoms with Crippen molar-refractivity contribution in [3.05, 3.63) is 29.3 Å². The number of aryl methyl sites for hydroxylation is 2. The molecule has 0 spiro atoms. The lowest BCUT2D eigenvalue weighted by Gasteiger charge is -2.21. The Labute approximate surface area is 136 Å². The number of rotatable bonds is 3. The van der Waals surface area contributed by atoms with E-state index in [0.717, 1.165) is 5.69 Å². The lowest BCUT2D eigenvalue weighted by atomic mass is 9.90. The summed E-state index contributed by atoms with van der Waals surface area (Å²) in [5.41, 5.74) is 3.20. The Morgan fingerprint density at radius 1 is 1.18 bits per heavy atom. The normalized spacial score (nSPS) is 14.7. The number of hydrogen-bond acceptors (Lipinski definition) is 2. The predicted molar refractivity (Wildman–Crippen MR) is 95.5 cm³/mol. The molecule has 1 aromatic rings. The molecule has 0 aromatic heterocycles. The highest BCUT2D eigenvalue weighted by Crippen LogP contribution is 2.23. The molecule has 22 heavy (non-hydrogen) atoms. The van der Waals surface area contributed by atoms with E-state index in [4.69, 9.17) is 4.74 Å². The van der Waals surface area contributed by atoms with Gasteiger partial charge in [-0.05, 0) is 55.9 Å². The third-order valence-electron chi connectivity index (χ3n) is 3.93. The number of nitrogens with one attached hydrogen (secondary N) is 1. The second kappa shape index (κ2) is 10.3. The highest BCUT2D eigenvalue weighted by atomic mass is 16.5. The third-order valence-corrected chi connectivity index (χ3v) is 3.93. The fourth-order valence-corrected chi connectivity index (χ4v) is 2.52. The van der Waals surface area contributed by atoms with Gasteiger partial charge in [-0.15, -0.1) is 0 Å². The van der Waals surface area contributed by atoms with Gasteiger partial charge in [0.1, 0.15) is 0 Å². The molecule has 0 radical (unpaired) electrons. The van der Waals surface area contributed by atoms with Crippen LogP contribution in [0.3, 0.4) is 0 Å². The summed E-state index contributed by atoms with van der Waals surface area (Å²) in [5.74, 6) is 0.555. The van der Waals surface area contributed by atoms with Crippen LogP contribution in [0.2, 0.25) is 0 Å². The molecule has 1 N–H and O–H groups in total. The van der Waals surface area contributed by atoms with Crippen LogP contribution in [0.15, 0.2) is 18.2 Å². The standard InChI is InChI=1S/C16H23NO2.C3H8.H2/c1-12-8-9-15(10-13(12)2)17-16(18)19-11-14-6-4-3-5-7-14;1-3-2;/h8-10,14H,3-7,11H2,1-2H3,(H,17,18);3H2,1-2H3;1H. The van der Waals surface area contributed by atoms with Gasteiger partial charge in [-0.25, -0.2) is 4.79 Å². The van der Waals surface area contributed by atoms with Crippen LogP contribution in [-0.2, 0) is 4.74 Å². The summed E-state index contributed by atoms with van der Waals surface area (Å²) in [7, 11) is 0. The van der Waals surface area contributed by atoms with E-state index in [2.05, 4.69) is 26.1 Å². The van der Waals surface area contributed by atoms with Crippen molar-refractivity contribution >= 4 is 11.8 Å². The molecule has 1 aliphatic rings. The molecule has 1 fully saturated rings. The maximum absolute atomic E-state index is 11.7. The van der Waals surface area contributed by atoms with E-state index in [9.17, 15) is 4.79 Å². The van der Waals surface area contributed by atoms with Crippen LogP contribution < -0.4 is 5.32 Å². The first-order valence-electron chi connectivity index (χ1n) is 8.57. The summed E-state index contributed by atoms with van der Waals surface area (Å²) >= 11 is 0. The van der Waals surface area contributed by atoms with Gasteiger partial charge in [-0.1, -0.05) is 45.6 Å². The van der Waals surface area contributed by atoms with Crippen LogP contribution in [0, 0.1) is 19.8 Å². The summed E-state index contributed by atoms with van der Waals surface area (Å²) in [4.78, 5) is 11.7. The maximum Gasteiger partial charge on any atom is 0.411 e. The zero-order valence-corrected chi connectivity index (χ0v) is 14.6. The van der Waals surface area contributed by atoms with Gasteiger partial charge in [0.2, 0.25) is 0 Å². The van der Waals surface area contributed by atoms with E-state index in [-0.39, 0.29) is 7.52 Å². The Bertz CT molecular complexity index is 457. The van der Waals surface area contributed by atoms with Crippen LogP contribution in [0.4, 0.5) is 10.5 Å². The predicted octanol–water partition coefficient (Wildman–Crippen LogP) is 6.09. The summed E-state index contributed by atoms with van der Waals surface area (Å²) < 4.78 is 5.31. The molecule has 0 bridgehead atoms. The number of carbonyl (C=O) groups is 1. The minimum Gasteiger partial charge on any atom is -0.449 e. The smallest absolute Gasteiger partial charge is 0.411 e.